The smallest absolute Gasteiger partial charge is 0.238 e. The third-order valence-corrected chi connectivity index (χ3v) is 6.28. The van der Waals surface area contributed by atoms with Gasteiger partial charge >= 0.3 is 0 Å². The fraction of sp³-hybridized carbons (Fsp3) is 0.412. The standard InChI is InChI=1S/C17H14BrNO2/c18-8-1-3-9(4-2-8)19-16(20)14-10-5-6-11(13-7-12(10)13)15(14)17(19)21/h1-6,10-15H,7H2/t10-,11+,12+,13-,14-,15+. The summed E-state index contributed by atoms with van der Waals surface area (Å²) in [5.41, 5.74) is 0.704. The average molecular weight is 344 g/mol. The number of hydrogen-bond donors (Lipinski definition) is 0. The van der Waals surface area contributed by atoms with Crippen molar-refractivity contribution in [2.75, 3.05) is 4.90 Å². The van der Waals surface area contributed by atoms with Crippen molar-refractivity contribution in [2.24, 2.45) is 35.5 Å². The summed E-state index contributed by atoms with van der Waals surface area (Å²) >= 11 is 3.39. The molecule has 106 valence electrons. The lowest BCUT2D eigenvalue weighted by atomic mass is 9.63. The van der Waals surface area contributed by atoms with Gasteiger partial charge in [0.15, 0.2) is 0 Å². The van der Waals surface area contributed by atoms with Gasteiger partial charge in [-0.05, 0) is 54.4 Å². The van der Waals surface area contributed by atoms with E-state index in [1.165, 1.54) is 11.3 Å². The van der Waals surface area contributed by atoms with Gasteiger partial charge in [0, 0.05) is 4.47 Å². The Hall–Kier alpha value is -1.42. The first-order valence-corrected chi connectivity index (χ1v) is 8.28. The van der Waals surface area contributed by atoms with Gasteiger partial charge in [-0.2, -0.15) is 0 Å². The number of carbonyl (C=O) groups is 2. The summed E-state index contributed by atoms with van der Waals surface area (Å²) < 4.78 is 0.950. The molecule has 0 aromatic heterocycles. The summed E-state index contributed by atoms with van der Waals surface area (Å²) in [4.78, 5) is 27.1. The van der Waals surface area contributed by atoms with Crippen LogP contribution in [0.1, 0.15) is 6.42 Å². The molecular weight excluding hydrogens is 330 g/mol. The first-order valence-electron chi connectivity index (χ1n) is 7.48. The van der Waals surface area contributed by atoms with Crippen molar-refractivity contribution < 1.29 is 9.59 Å². The van der Waals surface area contributed by atoms with E-state index in [4.69, 9.17) is 0 Å². The number of amides is 2. The Kier molecular flexibility index (Phi) is 2.23. The molecule has 6 rings (SSSR count). The second-order valence-electron chi connectivity index (χ2n) is 6.64. The summed E-state index contributed by atoms with van der Waals surface area (Å²) in [6.07, 6.45) is 5.61. The van der Waals surface area contributed by atoms with Crippen LogP contribution in [0, 0.1) is 35.5 Å². The van der Waals surface area contributed by atoms with Gasteiger partial charge in [0.25, 0.3) is 0 Å². The Bertz CT molecular complexity index is 659. The molecule has 0 spiro atoms. The minimum Gasteiger partial charge on any atom is -0.274 e. The van der Waals surface area contributed by atoms with Crippen LogP contribution < -0.4 is 4.90 Å². The van der Waals surface area contributed by atoms with Crippen LogP contribution in [0.4, 0.5) is 5.69 Å². The molecule has 6 atom stereocenters. The molecule has 21 heavy (non-hydrogen) atoms. The Morgan fingerprint density at radius 2 is 1.43 bits per heavy atom. The van der Waals surface area contributed by atoms with E-state index in [1.54, 1.807) is 0 Å². The monoisotopic (exact) mass is 343 g/mol. The van der Waals surface area contributed by atoms with Gasteiger partial charge in [-0.15, -0.1) is 0 Å². The van der Waals surface area contributed by atoms with Gasteiger partial charge in [-0.3, -0.25) is 14.5 Å². The SMILES string of the molecule is O=C1[C@@H]2[C@@H]3C=C[C@@H]([C@H]4C[C@@H]34)[C@@H]2C(=O)N1c1ccc(Br)cc1. The summed E-state index contributed by atoms with van der Waals surface area (Å²) in [5.74, 6) is 1.70. The molecule has 4 aliphatic carbocycles. The largest absolute Gasteiger partial charge is 0.274 e. The number of halogens is 1. The number of hydrogen-bond acceptors (Lipinski definition) is 2. The number of allylic oxidation sites excluding steroid dienone is 2. The van der Waals surface area contributed by atoms with Gasteiger partial charge in [-0.25, -0.2) is 0 Å². The lowest BCUT2D eigenvalue weighted by Gasteiger charge is -2.37. The van der Waals surface area contributed by atoms with Gasteiger partial charge in [-0.1, -0.05) is 28.1 Å². The molecule has 1 aliphatic heterocycles. The maximum Gasteiger partial charge on any atom is 0.238 e. The van der Waals surface area contributed by atoms with Crippen molar-refractivity contribution in [3.05, 3.63) is 40.9 Å². The Morgan fingerprint density at radius 1 is 0.905 bits per heavy atom. The van der Waals surface area contributed by atoms with Gasteiger partial charge in [0.05, 0.1) is 17.5 Å². The van der Waals surface area contributed by atoms with Crippen LogP contribution in [-0.2, 0) is 9.59 Å². The minimum atomic E-state index is -0.111. The van der Waals surface area contributed by atoms with E-state index in [1.807, 2.05) is 24.3 Å². The molecule has 3 nitrogen and oxygen atoms in total. The molecule has 0 N–H and O–H groups in total. The number of anilines is 1. The van der Waals surface area contributed by atoms with E-state index in [-0.39, 0.29) is 23.7 Å². The Balaban J connectivity index is 1.58. The van der Waals surface area contributed by atoms with E-state index >= 15 is 0 Å². The highest BCUT2D eigenvalue weighted by atomic mass is 79.9. The second kappa shape index (κ2) is 3.86. The van der Waals surface area contributed by atoms with Crippen LogP contribution in [0.2, 0.25) is 0 Å². The number of rotatable bonds is 1. The molecule has 1 aromatic rings. The summed E-state index contributed by atoms with van der Waals surface area (Å²) in [6, 6.07) is 7.44. The van der Waals surface area contributed by atoms with Gasteiger partial charge in [0.2, 0.25) is 11.8 Å². The maximum atomic E-state index is 12.8. The van der Waals surface area contributed by atoms with E-state index in [9.17, 15) is 9.59 Å². The molecule has 1 saturated heterocycles. The van der Waals surface area contributed by atoms with Crippen LogP contribution in [0.25, 0.3) is 0 Å². The molecule has 2 bridgehead atoms. The maximum absolute atomic E-state index is 12.8. The topological polar surface area (TPSA) is 37.4 Å². The normalized spacial score (nSPS) is 42.2. The number of imide groups is 1. The highest BCUT2D eigenvalue weighted by molar-refractivity contribution is 9.10. The predicted octanol–water partition coefficient (Wildman–Crippen LogP) is 3.01. The van der Waals surface area contributed by atoms with E-state index in [0.29, 0.717) is 29.4 Å². The second-order valence-corrected chi connectivity index (χ2v) is 7.56. The van der Waals surface area contributed by atoms with E-state index in [2.05, 4.69) is 28.1 Å². The molecule has 0 radical (unpaired) electrons. The Morgan fingerprint density at radius 3 is 1.95 bits per heavy atom. The molecule has 2 saturated carbocycles. The zero-order valence-corrected chi connectivity index (χ0v) is 12.9. The summed E-state index contributed by atoms with van der Waals surface area (Å²) in [5, 5.41) is 0. The first-order chi connectivity index (χ1) is 10.2. The number of carbonyl (C=O) groups excluding carboxylic acids is 2. The van der Waals surface area contributed by atoms with Crippen LogP contribution in [0.15, 0.2) is 40.9 Å². The lowest BCUT2D eigenvalue weighted by Crippen LogP contribution is -2.40. The molecule has 5 aliphatic rings. The quantitative estimate of drug-likeness (QED) is 0.580. The van der Waals surface area contributed by atoms with Crippen molar-refractivity contribution >= 4 is 33.4 Å². The molecule has 4 heteroatoms. The molecular formula is C17H14BrNO2. The highest BCUT2D eigenvalue weighted by Crippen LogP contribution is 2.65. The zero-order chi connectivity index (χ0) is 14.3. The summed E-state index contributed by atoms with van der Waals surface area (Å²) in [7, 11) is 0. The number of nitrogens with zero attached hydrogens (tertiary/aromatic N) is 1. The molecule has 1 heterocycles. The highest BCUT2D eigenvalue weighted by Gasteiger charge is 2.67. The third kappa shape index (κ3) is 1.44. The van der Waals surface area contributed by atoms with Crippen LogP contribution >= 0.6 is 15.9 Å². The summed E-state index contributed by atoms with van der Waals surface area (Å²) in [6.45, 7) is 0. The average Bonchev–Trinajstić information content (AvgIpc) is 3.26. The van der Waals surface area contributed by atoms with Crippen LogP contribution in [-0.4, -0.2) is 11.8 Å². The van der Waals surface area contributed by atoms with E-state index in [0.717, 1.165) is 4.47 Å². The van der Waals surface area contributed by atoms with Crippen LogP contribution in [0.5, 0.6) is 0 Å². The van der Waals surface area contributed by atoms with Crippen molar-refractivity contribution in [3.8, 4) is 0 Å². The van der Waals surface area contributed by atoms with Crippen LogP contribution in [0.3, 0.4) is 0 Å². The molecule has 2 amide bonds. The molecule has 0 unspecified atom stereocenters. The van der Waals surface area contributed by atoms with Crippen molar-refractivity contribution in [3.63, 3.8) is 0 Å². The number of benzene rings is 1. The molecule has 3 fully saturated rings. The fourth-order valence-corrected chi connectivity index (χ4v) is 5.07. The zero-order valence-electron chi connectivity index (χ0n) is 11.3. The van der Waals surface area contributed by atoms with Crippen molar-refractivity contribution in [2.45, 2.75) is 6.42 Å². The first kappa shape index (κ1) is 12.2. The van der Waals surface area contributed by atoms with Crippen molar-refractivity contribution in [1.29, 1.82) is 0 Å². The molecule has 1 aromatic carbocycles. The lowest BCUT2D eigenvalue weighted by molar-refractivity contribution is -0.124. The third-order valence-electron chi connectivity index (χ3n) is 5.75. The minimum absolute atomic E-state index is 0.0111. The van der Waals surface area contributed by atoms with Gasteiger partial charge in [0.1, 0.15) is 0 Å². The van der Waals surface area contributed by atoms with E-state index < -0.39 is 0 Å². The fourth-order valence-electron chi connectivity index (χ4n) is 4.80. The Labute approximate surface area is 131 Å². The van der Waals surface area contributed by atoms with Gasteiger partial charge < -0.3 is 0 Å². The van der Waals surface area contributed by atoms with Crippen molar-refractivity contribution in [1.82, 2.24) is 0 Å². The predicted molar refractivity (Wildman–Crippen MR) is 81.3 cm³/mol.